The average molecular weight is 502 g/mol. The lowest BCUT2D eigenvalue weighted by molar-refractivity contribution is -0.000488. The van der Waals surface area contributed by atoms with Gasteiger partial charge in [0.1, 0.15) is 17.0 Å². The van der Waals surface area contributed by atoms with Gasteiger partial charge < -0.3 is 15.2 Å². The number of H-pyrrole nitrogens is 2. The van der Waals surface area contributed by atoms with Crippen LogP contribution in [0, 0.1) is 11.7 Å². The van der Waals surface area contributed by atoms with Gasteiger partial charge in [-0.1, -0.05) is 25.1 Å². The van der Waals surface area contributed by atoms with Crippen LogP contribution in [0.1, 0.15) is 44.4 Å². The summed E-state index contributed by atoms with van der Waals surface area (Å²) in [6.45, 7) is 6.09. The lowest BCUT2D eigenvalue weighted by Gasteiger charge is -2.42. The first kappa shape index (κ1) is 23.9. The molecule has 0 radical (unpaired) electrons. The number of nitrogens with one attached hydrogen (secondary N) is 2. The maximum atomic E-state index is 15.6. The number of rotatable bonds is 6. The number of aliphatic hydroxyl groups is 1. The van der Waals surface area contributed by atoms with E-state index in [1.54, 1.807) is 24.3 Å². The van der Waals surface area contributed by atoms with E-state index >= 15 is 4.39 Å². The van der Waals surface area contributed by atoms with Crippen LogP contribution in [0.5, 0.6) is 5.75 Å². The molecule has 0 spiro atoms. The van der Waals surface area contributed by atoms with Crippen molar-refractivity contribution in [2.45, 2.75) is 51.7 Å². The van der Waals surface area contributed by atoms with E-state index in [2.05, 4.69) is 33.1 Å². The Kier molecular flexibility index (Phi) is 6.09. The van der Waals surface area contributed by atoms with Gasteiger partial charge in [-0.3, -0.25) is 10.00 Å². The number of aromatic amines is 2. The van der Waals surface area contributed by atoms with Crippen molar-refractivity contribution in [3.63, 3.8) is 0 Å². The summed E-state index contributed by atoms with van der Waals surface area (Å²) in [5.41, 5.74) is 5.14. The standard InChI is InChI=1S/C29H32FN5O2/c1-3-17-12-20(36)4-5-22(17)23-6-7-24-27(26(23)30)33-34-28(24)29-31-15-25(32-29)18-8-10-35(11-9-18)16(2)19-13-21(37)14-19/h4-8,12,15-16,19,21,36-37H,3,9-11,13-14H2,1-2H3,(H,31,32)(H,33,34). The Balaban J connectivity index is 1.24. The molecule has 4 N–H and O–H groups in total. The molecule has 3 heterocycles. The van der Waals surface area contributed by atoms with Crippen molar-refractivity contribution in [1.82, 2.24) is 25.1 Å². The van der Waals surface area contributed by atoms with Crippen molar-refractivity contribution in [1.29, 1.82) is 0 Å². The molecular weight excluding hydrogens is 469 g/mol. The van der Waals surface area contributed by atoms with Gasteiger partial charge in [0.25, 0.3) is 0 Å². The number of nitrogens with zero attached hydrogens (tertiary/aromatic N) is 3. The van der Waals surface area contributed by atoms with Gasteiger partial charge in [-0.15, -0.1) is 0 Å². The third-order valence-electron chi connectivity index (χ3n) is 8.22. The monoisotopic (exact) mass is 501 g/mol. The molecule has 1 fully saturated rings. The Bertz CT molecular complexity index is 1480. The lowest BCUT2D eigenvalue weighted by atomic mass is 9.77. The zero-order chi connectivity index (χ0) is 25.7. The highest BCUT2D eigenvalue weighted by molar-refractivity contribution is 5.95. The quantitative estimate of drug-likeness (QED) is 0.288. The van der Waals surface area contributed by atoms with Crippen molar-refractivity contribution in [2.75, 3.05) is 13.1 Å². The molecule has 2 aromatic carbocycles. The molecule has 0 bridgehead atoms. The van der Waals surface area contributed by atoms with Gasteiger partial charge in [0.05, 0.1) is 11.8 Å². The van der Waals surface area contributed by atoms with E-state index in [4.69, 9.17) is 4.98 Å². The molecule has 8 heteroatoms. The van der Waals surface area contributed by atoms with E-state index in [1.807, 2.05) is 19.2 Å². The van der Waals surface area contributed by atoms with Crippen LogP contribution >= 0.6 is 0 Å². The Morgan fingerprint density at radius 1 is 1.19 bits per heavy atom. The van der Waals surface area contributed by atoms with Gasteiger partial charge in [-0.05, 0) is 73.4 Å². The lowest BCUT2D eigenvalue weighted by Crippen LogP contribution is -2.46. The molecule has 7 nitrogen and oxygen atoms in total. The maximum Gasteiger partial charge on any atom is 0.159 e. The zero-order valence-electron chi connectivity index (χ0n) is 21.1. The predicted molar refractivity (Wildman–Crippen MR) is 142 cm³/mol. The number of aromatic nitrogens is 4. The number of imidazole rings is 1. The third-order valence-corrected chi connectivity index (χ3v) is 8.22. The number of hydrogen-bond donors (Lipinski definition) is 4. The molecule has 2 aromatic heterocycles. The normalized spacial score (nSPS) is 21.1. The summed E-state index contributed by atoms with van der Waals surface area (Å²) in [4.78, 5) is 10.5. The van der Waals surface area contributed by atoms with E-state index in [0.29, 0.717) is 46.4 Å². The van der Waals surface area contributed by atoms with Crippen LogP contribution in [0.15, 0.2) is 42.6 Å². The molecule has 1 unspecified atom stereocenters. The van der Waals surface area contributed by atoms with Gasteiger partial charge in [-0.2, -0.15) is 5.10 Å². The second-order valence-corrected chi connectivity index (χ2v) is 10.4. The van der Waals surface area contributed by atoms with Gasteiger partial charge in [0.15, 0.2) is 11.6 Å². The molecule has 192 valence electrons. The summed E-state index contributed by atoms with van der Waals surface area (Å²) < 4.78 is 15.6. The van der Waals surface area contributed by atoms with E-state index in [0.717, 1.165) is 49.2 Å². The van der Waals surface area contributed by atoms with E-state index < -0.39 is 0 Å². The predicted octanol–water partition coefficient (Wildman–Crippen LogP) is 5.28. The molecular formula is C29H32FN5O2. The van der Waals surface area contributed by atoms with E-state index in [9.17, 15) is 10.2 Å². The van der Waals surface area contributed by atoms with Crippen molar-refractivity contribution in [2.24, 2.45) is 5.92 Å². The molecule has 2 aliphatic rings. The van der Waals surface area contributed by atoms with Crippen molar-refractivity contribution >= 4 is 16.5 Å². The van der Waals surface area contributed by atoms with Gasteiger partial charge in [-0.25, -0.2) is 9.37 Å². The summed E-state index contributed by atoms with van der Waals surface area (Å²) in [5, 5.41) is 27.4. The fourth-order valence-electron chi connectivity index (χ4n) is 5.80. The van der Waals surface area contributed by atoms with Crippen LogP contribution in [0.25, 0.3) is 39.1 Å². The highest BCUT2D eigenvalue weighted by atomic mass is 19.1. The number of aromatic hydroxyl groups is 1. The largest absolute Gasteiger partial charge is 0.508 e. The minimum Gasteiger partial charge on any atom is -0.508 e. The molecule has 6 rings (SSSR count). The number of benzene rings is 2. The van der Waals surface area contributed by atoms with Gasteiger partial charge in [0.2, 0.25) is 0 Å². The molecule has 1 saturated carbocycles. The SMILES string of the molecule is CCc1cc(O)ccc1-c1ccc2c(-c3nc(C4=CCN(C(C)C5CC(O)C5)CC4)c[nH]3)n[nH]c2c1F. The average Bonchev–Trinajstić information content (AvgIpc) is 3.55. The van der Waals surface area contributed by atoms with Crippen molar-refractivity contribution < 1.29 is 14.6 Å². The van der Waals surface area contributed by atoms with Crippen LogP contribution in [0.2, 0.25) is 0 Å². The molecule has 0 saturated heterocycles. The molecule has 1 aliphatic heterocycles. The van der Waals surface area contributed by atoms with Crippen LogP contribution in [-0.4, -0.2) is 60.5 Å². The van der Waals surface area contributed by atoms with E-state index in [-0.39, 0.29) is 17.7 Å². The zero-order valence-corrected chi connectivity index (χ0v) is 21.1. The third kappa shape index (κ3) is 4.24. The summed E-state index contributed by atoms with van der Waals surface area (Å²) in [5.74, 6) is 0.991. The summed E-state index contributed by atoms with van der Waals surface area (Å²) in [7, 11) is 0. The second kappa shape index (κ2) is 9.43. The van der Waals surface area contributed by atoms with E-state index in [1.165, 1.54) is 5.57 Å². The first-order chi connectivity index (χ1) is 17.9. The second-order valence-electron chi connectivity index (χ2n) is 10.4. The van der Waals surface area contributed by atoms with Crippen LogP contribution in [-0.2, 0) is 6.42 Å². The molecule has 4 aromatic rings. The smallest absolute Gasteiger partial charge is 0.159 e. The molecule has 37 heavy (non-hydrogen) atoms. The fraction of sp³-hybridized carbons (Fsp3) is 0.379. The number of fused-ring (bicyclic) bond motifs is 1. The molecule has 1 atom stereocenters. The molecule has 1 aliphatic carbocycles. The highest BCUT2D eigenvalue weighted by Gasteiger charge is 2.34. The minimum absolute atomic E-state index is 0.120. The Labute approximate surface area is 215 Å². The number of hydrogen-bond acceptors (Lipinski definition) is 5. The van der Waals surface area contributed by atoms with Crippen LogP contribution in [0.4, 0.5) is 4.39 Å². The Morgan fingerprint density at radius 2 is 2.00 bits per heavy atom. The first-order valence-corrected chi connectivity index (χ1v) is 13.1. The number of phenolic OH excluding ortho intramolecular Hbond substituents is 1. The van der Waals surface area contributed by atoms with Gasteiger partial charge >= 0.3 is 0 Å². The minimum atomic E-state index is -0.369. The summed E-state index contributed by atoms with van der Waals surface area (Å²) in [6, 6.07) is 9.13. The van der Waals surface area contributed by atoms with Gasteiger partial charge in [0, 0.05) is 36.3 Å². The van der Waals surface area contributed by atoms with Crippen LogP contribution in [0.3, 0.4) is 0 Å². The Morgan fingerprint density at radius 3 is 2.73 bits per heavy atom. The fourth-order valence-corrected chi connectivity index (χ4v) is 5.80. The number of aliphatic hydroxyl groups excluding tert-OH is 1. The number of aryl methyl sites for hydroxylation is 1. The summed E-state index contributed by atoms with van der Waals surface area (Å²) >= 11 is 0. The van der Waals surface area contributed by atoms with Crippen LogP contribution < -0.4 is 0 Å². The number of phenols is 1. The number of halogens is 1. The Hall–Kier alpha value is -3.49. The summed E-state index contributed by atoms with van der Waals surface area (Å²) in [6.07, 6.45) is 7.43. The molecule has 0 amide bonds. The maximum absolute atomic E-state index is 15.6. The topological polar surface area (TPSA) is 101 Å². The van der Waals surface area contributed by atoms with Crippen molar-refractivity contribution in [3.8, 4) is 28.4 Å². The highest BCUT2D eigenvalue weighted by Crippen LogP contribution is 2.36. The first-order valence-electron chi connectivity index (χ1n) is 13.1. The van der Waals surface area contributed by atoms with Crippen molar-refractivity contribution in [3.05, 3.63) is 59.7 Å².